The minimum absolute atomic E-state index is 0.184. The van der Waals surface area contributed by atoms with Gasteiger partial charge in [-0.1, -0.05) is 32.9 Å². The third kappa shape index (κ3) is 7.62. The average molecular weight is 608 g/mol. The van der Waals surface area contributed by atoms with E-state index in [2.05, 4.69) is 31.3 Å². The quantitative estimate of drug-likeness (QED) is 0.244. The number of ether oxygens (including phenoxy) is 1. The van der Waals surface area contributed by atoms with Crippen molar-refractivity contribution in [2.24, 2.45) is 0 Å². The molecule has 1 aliphatic heterocycles. The Kier molecular flexibility index (Phi) is 8.97. The minimum atomic E-state index is -3.62. The van der Waals surface area contributed by atoms with Gasteiger partial charge in [0.05, 0.1) is 42.7 Å². The first kappa shape index (κ1) is 31.3. The molecule has 2 amide bonds. The SMILES string of the molecule is COc1c(NC(=O)c2ccc(C)c(N3C=C(C(=O)NC(C)c4cccnc4)NN3)c2)cc(C(C)(C)C)cc1NS(C)(=O)=O. The predicted octanol–water partition coefficient (Wildman–Crippen LogP) is 3.87. The molecule has 228 valence electrons. The van der Waals surface area contributed by atoms with Crippen molar-refractivity contribution in [3.05, 3.63) is 89.0 Å². The number of methoxy groups -OCH3 is 1. The van der Waals surface area contributed by atoms with Crippen molar-refractivity contribution in [1.29, 1.82) is 0 Å². The van der Waals surface area contributed by atoms with Crippen LogP contribution in [0.5, 0.6) is 5.75 Å². The minimum Gasteiger partial charge on any atom is -0.492 e. The number of aromatic nitrogens is 1. The number of hydrogen-bond donors (Lipinski definition) is 5. The molecule has 5 N–H and O–H groups in total. The Morgan fingerprint density at radius 2 is 1.79 bits per heavy atom. The second-order valence-corrected chi connectivity index (χ2v) is 13.1. The van der Waals surface area contributed by atoms with Crippen molar-refractivity contribution >= 4 is 38.9 Å². The first-order valence-electron chi connectivity index (χ1n) is 13.5. The van der Waals surface area contributed by atoms with Crippen LogP contribution < -0.4 is 36.1 Å². The van der Waals surface area contributed by atoms with Crippen LogP contribution in [0.15, 0.2) is 66.8 Å². The lowest BCUT2D eigenvalue weighted by molar-refractivity contribution is -0.118. The van der Waals surface area contributed by atoms with E-state index in [9.17, 15) is 18.0 Å². The van der Waals surface area contributed by atoms with Gasteiger partial charge in [0.1, 0.15) is 5.70 Å². The molecule has 0 aliphatic carbocycles. The molecular formula is C30H37N7O5S. The molecule has 43 heavy (non-hydrogen) atoms. The van der Waals surface area contributed by atoms with E-state index < -0.39 is 15.9 Å². The molecule has 0 saturated heterocycles. The van der Waals surface area contributed by atoms with Gasteiger partial charge < -0.3 is 15.4 Å². The summed E-state index contributed by atoms with van der Waals surface area (Å²) in [5.41, 5.74) is 9.78. The van der Waals surface area contributed by atoms with E-state index in [1.165, 1.54) is 7.11 Å². The highest BCUT2D eigenvalue weighted by Crippen LogP contribution is 2.39. The predicted molar refractivity (Wildman–Crippen MR) is 167 cm³/mol. The van der Waals surface area contributed by atoms with Crippen LogP contribution in [-0.2, 0) is 20.2 Å². The zero-order chi connectivity index (χ0) is 31.5. The smallest absolute Gasteiger partial charge is 0.270 e. The number of anilines is 3. The van der Waals surface area contributed by atoms with E-state index in [0.29, 0.717) is 22.6 Å². The number of nitrogens with one attached hydrogen (secondary N) is 5. The molecule has 1 atom stereocenters. The fourth-order valence-electron chi connectivity index (χ4n) is 4.40. The average Bonchev–Trinajstić information content (AvgIpc) is 3.42. The molecule has 0 spiro atoms. The molecule has 4 rings (SSSR count). The number of carbonyl (C=O) groups is 2. The number of hydrogen-bond acceptors (Lipinski definition) is 9. The number of nitrogens with zero attached hydrogens (tertiary/aromatic N) is 2. The van der Waals surface area contributed by atoms with E-state index in [-0.39, 0.29) is 28.8 Å². The number of rotatable bonds is 9. The summed E-state index contributed by atoms with van der Waals surface area (Å²) in [5.74, 6) is -0.568. The maximum atomic E-state index is 13.5. The first-order chi connectivity index (χ1) is 20.2. The summed E-state index contributed by atoms with van der Waals surface area (Å²) in [6.45, 7) is 9.70. The van der Waals surface area contributed by atoms with Crippen LogP contribution in [0.3, 0.4) is 0 Å². The van der Waals surface area contributed by atoms with E-state index >= 15 is 0 Å². The van der Waals surface area contributed by atoms with Crippen molar-refractivity contribution in [2.45, 2.75) is 46.1 Å². The summed E-state index contributed by atoms with van der Waals surface area (Å²) in [6.07, 6.45) is 6.02. The third-order valence-electron chi connectivity index (χ3n) is 6.78. The van der Waals surface area contributed by atoms with Gasteiger partial charge in [-0.3, -0.25) is 29.7 Å². The zero-order valence-corrected chi connectivity index (χ0v) is 26.0. The van der Waals surface area contributed by atoms with Crippen LogP contribution in [0.4, 0.5) is 17.1 Å². The van der Waals surface area contributed by atoms with Crippen LogP contribution in [0.25, 0.3) is 0 Å². The highest BCUT2D eigenvalue weighted by atomic mass is 32.2. The Balaban J connectivity index is 1.58. The summed E-state index contributed by atoms with van der Waals surface area (Å²) in [5, 5.41) is 7.43. The number of hydrazine groups is 2. The molecule has 12 nitrogen and oxygen atoms in total. The maximum absolute atomic E-state index is 13.5. The van der Waals surface area contributed by atoms with Crippen molar-refractivity contribution < 1.29 is 22.7 Å². The van der Waals surface area contributed by atoms with Crippen LogP contribution >= 0.6 is 0 Å². The van der Waals surface area contributed by atoms with E-state index in [0.717, 1.165) is 22.9 Å². The van der Waals surface area contributed by atoms with E-state index in [1.807, 2.05) is 46.8 Å². The molecule has 0 radical (unpaired) electrons. The van der Waals surface area contributed by atoms with Gasteiger partial charge in [-0.25, -0.2) is 8.42 Å². The molecule has 1 aliphatic rings. The molecule has 2 aromatic carbocycles. The second-order valence-electron chi connectivity index (χ2n) is 11.3. The third-order valence-corrected chi connectivity index (χ3v) is 7.37. The largest absolute Gasteiger partial charge is 0.492 e. The highest BCUT2D eigenvalue weighted by molar-refractivity contribution is 7.92. The van der Waals surface area contributed by atoms with Crippen molar-refractivity contribution in [2.75, 3.05) is 28.4 Å². The van der Waals surface area contributed by atoms with Gasteiger partial charge in [-0.05, 0) is 66.3 Å². The number of benzene rings is 2. The molecule has 13 heteroatoms. The lowest BCUT2D eigenvalue weighted by atomic mass is 9.86. The Hall–Kier alpha value is -4.62. The highest BCUT2D eigenvalue weighted by Gasteiger charge is 2.25. The molecule has 0 saturated carbocycles. The second kappa shape index (κ2) is 12.3. The van der Waals surface area contributed by atoms with Gasteiger partial charge in [-0.2, -0.15) is 0 Å². The topological polar surface area (TPSA) is 154 Å². The maximum Gasteiger partial charge on any atom is 0.270 e. The van der Waals surface area contributed by atoms with Crippen molar-refractivity contribution in [1.82, 2.24) is 21.3 Å². The monoisotopic (exact) mass is 607 g/mol. The number of aryl methyl sites for hydroxylation is 1. The summed E-state index contributed by atoms with van der Waals surface area (Å²) in [7, 11) is -2.21. The fraction of sp³-hybridized carbons (Fsp3) is 0.300. The van der Waals surface area contributed by atoms with Gasteiger partial charge in [0.15, 0.2) is 5.75 Å². The van der Waals surface area contributed by atoms with E-state index in [1.54, 1.807) is 53.9 Å². The van der Waals surface area contributed by atoms with Gasteiger partial charge in [0, 0.05) is 18.0 Å². The molecule has 0 bridgehead atoms. The van der Waals surface area contributed by atoms with Gasteiger partial charge in [0.25, 0.3) is 11.8 Å². The fourth-order valence-corrected chi connectivity index (χ4v) is 4.96. The van der Waals surface area contributed by atoms with Gasteiger partial charge in [-0.15, -0.1) is 5.53 Å². The first-order valence-corrected chi connectivity index (χ1v) is 15.4. The Labute approximate surface area is 251 Å². The Morgan fingerprint density at radius 1 is 1.07 bits per heavy atom. The zero-order valence-electron chi connectivity index (χ0n) is 25.2. The summed E-state index contributed by atoms with van der Waals surface area (Å²) in [4.78, 5) is 30.5. The number of amides is 2. The lowest BCUT2D eigenvalue weighted by Gasteiger charge is -2.24. The number of pyridine rings is 1. The Morgan fingerprint density at radius 3 is 2.42 bits per heavy atom. The normalized spacial score (nSPS) is 13.9. The van der Waals surface area contributed by atoms with E-state index in [4.69, 9.17) is 4.74 Å². The number of sulfonamides is 1. The van der Waals surface area contributed by atoms with Crippen molar-refractivity contribution in [3.63, 3.8) is 0 Å². The lowest BCUT2D eigenvalue weighted by Crippen LogP contribution is -2.40. The standard InChI is InChI=1S/C30H37N7O5S/c1-18-10-11-20(13-26(18)37-17-25(34-36-37)29(39)32-19(2)21-9-8-12-31-16-21)28(38)33-23-14-22(30(3,4)5)15-24(27(23)42-6)35-43(7,40)41/h8-17,19,34-36H,1-7H3,(H,32,39)(H,33,38). The summed E-state index contributed by atoms with van der Waals surface area (Å²) >= 11 is 0. The summed E-state index contributed by atoms with van der Waals surface area (Å²) < 4.78 is 32.1. The van der Waals surface area contributed by atoms with Crippen LogP contribution in [-0.4, -0.2) is 38.6 Å². The molecular weight excluding hydrogens is 570 g/mol. The van der Waals surface area contributed by atoms with Crippen molar-refractivity contribution in [3.8, 4) is 5.75 Å². The molecule has 3 aromatic rings. The molecule has 0 fully saturated rings. The number of carbonyl (C=O) groups excluding carboxylic acids is 2. The van der Waals surface area contributed by atoms with Crippen LogP contribution in [0.1, 0.15) is 60.8 Å². The van der Waals surface area contributed by atoms with Crippen LogP contribution in [0, 0.1) is 6.92 Å². The summed E-state index contributed by atoms with van der Waals surface area (Å²) in [6, 6.07) is 12.1. The van der Waals surface area contributed by atoms with Crippen LogP contribution in [0.2, 0.25) is 0 Å². The van der Waals surface area contributed by atoms with Gasteiger partial charge >= 0.3 is 0 Å². The molecule has 1 unspecified atom stereocenters. The molecule has 1 aromatic heterocycles. The van der Waals surface area contributed by atoms with Gasteiger partial charge in [0.2, 0.25) is 10.0 Å². The Bertz CT molecular complexity index is 1670. The molecule has 2 heterocycles.